The molecule has 0 amide bonds. The lowest BCUT2D eigenvalue weighted by molar-refractivity contribution is -0.199. The van der Waals surface area contributed by atoms with Gasteiger partial charge >= 0.3 is 0 Å². The predicted molar refractivity (Wildman–Crippen MR) is 63.2 cm³/mol. The molecule has 0 N–H and O–H groups in total. The molecular weight excluding hydrogens is 224 g/mol. The molecule has 102 valence electrons. The van der Waals surface area contributed by atoms with Crippen molar-refractivity contribution in [3.8, 4) is 0 Å². The molecule has 1 saturated carbocycles. The number of rotatable bonds is 6. The largest absolute Gasteiger partial charge is 0.384 e. The van der Waals surface area contributed by atoms with Crippen molar-refractivity contribution in [1.82, 2.24) is 0 Å². The van der Waals surface area contributed by atoms with Gasteiger partial charge in [-0.15, -0.1) is 0 Å². The molecule has 5 heteroatoms. The Morgan fingerprint density at radius 1 is 0.765 bits per heavy atom. The Kier molecular flexibility index (Phi) is 6.37. The van der Waals surface area contributed by atoms with Crippen LogP contribution in [0.25, 0.3) is 0 Å². The van der Waals surface area contributed by atoms with Crippen molar-refractivity contribution in [2.75, 3.05) is 42.2 Å². The maximum absolute atomic E-state index is 5.54. The third-order valence-corrected chi connectivity index (χ3v) is 3.51. The number of hydrogen-bond donors (Lipinski definition) is 0. The summed E-state index contributed by atoms with van der Waals surface area (Å²) in [5.74, 6) is 0.256. The van der Waals surface area contributed by atoms with E-state index in [1.54, 1.807) is 35.5 Å². The molecule has 1 aliphatic carbocycles. The van der Waals surface area contributed by atoms with Crippen LogP contribution in [0.4, 0.5) is 0 Å². The van der Waals surface area contributed by atoms with Crippen LogP contribution in [0.2, 0.25) is 0 Å². The first-order valence-corrected chi connectivity index (χ1v) is 5.83. The quantitative estimate of drug-likeness (QED) is 0.693. The van der Waals surface area contributed by atoms with E-state index in [0.717, 1.165) is 6.42 Å². The molecule has 0 spiro atoms. The topological polar surface area (TPSA) is 46.2 Å². The highest BCUT2D eigenvalue weighted by molar-refractivity contribution is 4.95. The molecule has 5 atom stereocenters. The first-order chi connectivity index (χ1) is 8.23. The minimum Gasteiger partial charge on any atom is -0.384 e. The Morgan fingerprint density at radius 2 is 1.35 bits per heavy atom. The van der Waals surface area contributed by atoms with Gasteiger partial charge < -0.3 is 23.7 Å². The lowest BCUT2D eigenvalue weighted by atomic mass is 9.80. The van der Waals surface area contributed by atoms with Gasteiger partial charge in [0.05, 0.1) is 18.8 Å². The van der Waals surface area contributed by atoms with Crippen LogP contribution in [-0.2, 0) is 23.7 Å². The molecule has 1 rings (SSSR count). The smallest absolute Gasteiger partial charge is 0.112 e. The van der Waals surface area contributed by atoms with Gasteiger partial charge in [-0.1, -0.05) is 0 Å². The Balaban J connectivity index is 2.84. The summed E-state index contributed by atoms with van der Waals surface area (Å²) < 4.78 is 27.3. The third kappa shape index (κ3) is 3.17. The van der Waals surface area contributed by atoms with Crippen LogP contribution >= 0.6 is 0 Å². The highest BCUT2D eigenvalue weighted by Gasteiger charge is 2.46. The number of hydrogen-bond acceptors (Lipinski definition) is 5. The monoisotopic (exact) mass is 248 g/mol. The first-order valence-electron chi connectivity index (χ1n) is 5.83. The van der Waals surface area contributed by atoms with E-state index in [9.17, 15) is 0 Å². The molecule has 0 bridgehead atoms. The van der Waals surface area contributed by atoms with Gasteiger partial charge in [0, 0.05) is 41.5 Å². The zero-order valence-corrected chi connectivity index (χ0v) is 11.3. The van der Waals surface area contributed by atoms with Crippen LogP contribution in [0.15, 0.2) is 0 Å². The summed E-state index contributed by atoms with van der Waals surface area (Å²) >= 11 is 0. The zero-order chi connectivity index (χ0) is 12.8. The van der Waals surface area contributed by atoms with Crippen LogP contribution < -0.4 is 0 Å². The Morgan fingerprint density at radius 3 is 1.76 bits per heavy atom. The van der Waals surface area contributed by atoms with Gasteiger partial charge in [0.1, 0.15) is 12.2 Å². The molecule has 0 radical (unpaired) electrons. The summed E-state index contributed by atoms with van der Waals surface area (Å²) in [6, 6.07) is 0. The minimum absolute atomic E-state index is 0.0106. The van der Waals surface area contributed by atoms with Gasteiger partial charge in [0.15, 0.2) is 0 Å². The van der Waals surface area contributed by atoms with Crippen LogP contribution in [0.3, 0.4) is 0 Å². The minimum atomic E-state index is -0.135. The molecule has 0 aliphatic heterocycles. The molecule has 0 aromatic carbocycles. The molecular formula is C12H24O5. The fourth-order valence-electron chi connectivity index (χ4n) is 2.72. The van der Waals surface area contributed by atoms with E-state index in [1.807, 2.05) is 0 Å². The van der Waals surface area contributed by atoms with Crippen molar-refractivity contribution >= 4 is 0 Å². The van der Waals surface area contributed by atoms with Crippen molar-refractivity contribution in [3.63, 3.8) is 0 Å². The second-order valence-corrected chi connectivity index (χ2v) is 4.33. The SMILES string of the molecule is COCC1CC(OC)C(OC)C(OC)C1OC. The second kappa shape index (κ2) is 7.28. The van der Waals surface area contributed by atoms with Gasteiger partial charge in [-0.2, -0.15) is 0 Å². The molecule has 0 aromatic heterocycles. The Hall–Kier alpha value is -0.200. The molecule has 1 aliphatic rings. The predicted octanol–water partition coefficient (Wildman–Crippen LogP) is 0.713. The van der Waals surface area contributed by atoms with E-state index in [-0.39, 0.29) is 30.3 Å². The van der Waals surface area contributed by atoms with Gasteiger partial charge in [-0.25, -0.2) is 0 Å². The van der Waals surface area contributed by atoms with Crippen molar-refractivity contribution < 1.29 is 23.7 Å². The average molecular weight is 248 g/mol. The molecule has 5 nitrogen and oxygen atoms in total. The lowest BCUT2D eigenvalue weighted by Crippen LogP contribution is -2.57. The van der Waals surface area contributed by atoms with E-state index in [4.69, 9.17) is 23.7 Å². The highest BCUT2D eigenvalue weighted by atomic mass is 16.6. The molecule has 0 aromatic rings. The summed E-state index contributed by atoms with van der Waals surface area (Å²) in [6.45, 7) is 0.634. The molecule has 17 heavy (non-hydrogen) atoms. The summed E-state index contributed by atoms with van der Waals surface area (Å²) in [5, 5.41) is 0. The van der Waals surface area contributed by atoms with E-state index < -0.39 is 0 Å². The van der Waals surface area contributed by atoms with E-state index >= 15 is 0 Å². The zero-order valence-electron chi connectivity index (χ0n) is 11.3. The van der Waals surface area contributed by atoms with Crippen LogP contribution in [0, 0.1) is 5.92 Å². The summed E-state index contributed by atoms with van der Waals surface area (Å²) in [6.07, 6.45) is 0.584. The second-order valence-electron chi connectivity index (χ2n) is 4.33. The van der Waals surface area contributed by atoms with Gasteiger partial charge in [-0.05, 0) is 6.42 Å². The van der Waals surface area contributed by atoms with E-state index in [0.29, 0.717) is 6.61 Å². The first kappa shape index (κ1) is 14.9. The number of ether oxygens (including phenoxy) is 5. The fraction of sp³-hybridized carbons (Fsp3) is 1.00. The summed E-state index contributed by atoms with van der Waals surface area (Å²) in [5.41, 5.74) is 0. The van der Waals surface area contributed by atoms with Crippen LogP contribution in [0.5, 0.6) is 0 Å². The molecule has 5 unspecified atom stereocenters. The lowest BCUT2D eigenvalue weighted by Gasteiger charge is -2.44. The summed E-state index contributed by atoms with van der Waals surface area (Å²) in [7, 11) is 8.43. The molecule has 0 saturated heterocycles. The van der Waals surface area contributed by atoms with Crippen molar-refractivity contribution in [3.05, 3.63) is 0 Å². The van der Waals surface area contributed by atoms with Gasteiger partial charge in [0.25, 0.3) is 0 Å². The van der Waals surface area contributed by atoms with E-state index in [1.165, 1.54) is 0 Å². The Labute approximate surface area is 103 Å². The Bertz CT molecular complexity index is 211. The average Bonchev–Trinajstić information content (AvgIpc) is 2.37. The highest BCUT2D eigenvalue weighted by Crippen LogP contribution is 2.32. The normalized spacial score (nSPS) is 38.3. The van der Waals surface area contributed by atoms with Crippen LogP contribution in [0.1, 0.15) is 6.42 Å². The number of methoxy groups -OCH3 is 5. The van der Waals surface area contributed by atoms with Gasteiger partial charge in [0.2, 0.25) is 0 Å². The standard InChI is InChI=1S/C12H24O5/c1-13-7-8-6-9(14-2)11(16-4)12(17-5)10(8)15-3/h8-12H,6-7H2,1-5H3. The van der Waals surface area contributed by atoms with Crippen LogP contribution in [-0.4, -0.2) is 66.6 Å². The van der Waals surface area contributed by atoms with Crippen molar-refractivity contribution in [1.29, 1.82) is 0 Å². The van der Waals surface area contributed by atoms with E-state index in [2.05, 4.69) is 0 Å². The fourth-order valence-corrected chi connectivity index (χ4v) is 2.72. The third-order valence-electron chi connectivity index (χ3n) is 3.51. The van der Waals surface area contributed by atoms with Crippen molar-refractivity contribution in [2.45, 2.75) is 30.8 Å². The molecule has 0 heterocycles. The van der Waals surface area contributed by atoms with Gasteiger partial charge in [-0.3, -0.25) is 0 Å². The molecule has 1 fully saturated rings. The van der Waals surface area contributed by atoms with Crippen molar-refractivity contribution in [2.24, 2.45) is 5.92 Å². The maximum atomic E-state index is 5.54. The summed E-state index contributed by atoms with van der Waals surface area (Å²) in [4.78, 5) is 0. The maximum Gasteiger partial charge on any atom is 0.112 e.